The van der Waals surface area contributed by atoms with Gasteiger partial charge in [0.2, 0.25) is 0 Å². The molecule has 0 aromatic heterocycles. The Morgan fingerprint density at radius 2 is 1.46 bits per heavy atom. The van der Waals surface area contributed by atoms with Crippen molar-refractivity contribution in [3.63, 3.8) is 0 Å². The predicted molar refractivity (Wildman–Crippen MR) is 100 cm³/mol. The highest BCUT2D eigenvalue weighted by Crippen LogP contribution is 2.15. The van der Waals surface area contributed by atoms with Crippen LogP contribution >= 0.6 is 0 Å². The van der Waals surface area contributed by atoms with Gasteiger partial charge in [-0.2, -0.15) is 0 Å². The molecule has 2 amide bonds. The SMILES string of the molecule is CCCCCCCCCNC(=O)C(=O)Nc1ccc(N(C)C)cc1. The molecule has 0 aliphatic rings. The summed E-state index contributed by atoms with van der Waals surface area (Å²) in [6.45, 7) is 2.76. The average Bonchev–Trinajstić information content (AvgIpc) is 2.57. The summed E-state index contributed by atoms with van der Waals surface area (Å²) < 4.78 is 0. The molecule has 1 aromatic carbocycles. The van der Waals surface area contributed by atoms with E-state index < -0.39 is 11.8 Å². The maximum absolute atomic E-state index is 11.8. The number of hydrogen-bond acceptors (Lipinski definition) is 3. The normalized spacial score (nSPS) is 10.3. The molecule has 0 heterocycles. The topological polar surface area (TPSA) is 61.4 Å². The lowest BCUT2D eigenvalue weighted by molar-refractivity contribution is -0.136. The molecule has 1 rings (SSSR count). The monoisotopic (exact) mass is 333 g/mol. The van der Waals surface area contributed by atoms with Gasteiger partial charge in [0.1, 0.15) is 0 Å². The van der Waals surface area contributed by atoms with Gasteiger partial charge in [-0.25, -0.2) is 0 Å². The van der Waals surface area contributed by atoms with Crippen molar-refractivity contribution in [1.29, 1.82) is 0 Å². The highest BCUT2D eigenvalue weighted by atomic mass is 16.2. The number of carbonyl (C=O) groups is 2. The molecule has 0 radical (unpaired) electrons. The van der Waals surface area contributed by atoms with E-state index in [1.54, 1.807) is 12.1 Å². The van der Waals surface area contributed by atoms with Crippen molar-refractivity contribution in [2.75, 3.05) is 30.9 Å². The maximum atomic E-state index is 11.8. The first-order chi connectivity index (χ1) is 11.5. The van der Waals surface area contributed by atoms with Gasteiger partial charge in [0, 0.05) is 32.0 Å². The number of amides is 2. The summed E-state index contributed by atoms with van der Waals surface area (Å²) in [7, 11) is 3.90. The van der Waals surface area contributed by atoms with E-state index in [2.05, 4.69) is 17.6 Å². The number of nitrogens with one attached hydrogen (secondary N) is 2. The quantitative estimate of drug-likeness (QED) is 0.508. The molecule has 0 atom stereocenters. The molecular formula is C19H31N3O2. The molecule has 2 N–H and O–H groups in total. The van der Waals surface area contributed by atoms with E-state index in [-0.39, 0.29) is 0 Å². The average molecular weight is 333 g/mol. The minimum atomic E-state index is -0.615. The molecule has 0 saturated heterocycles. The minimum Gasteiger partial charge on any atom is -0.378 e. The fourth-order valence-electron chi connectivity index (χ4n) is 2.40. The summed E-state index contributed by atoms with van der Waals surface area (Å²) in [5.41, 5.74) is 1.66. The van der Waals surface area contributed by atoms with Crippen LogP contribution in [-0.4, -0.2) is 32.5 Å². The smallest absolute Gasteiger partial charge is 0.313 e. The van der Waals surface area contributed by atoms with Gasteiger partial charge in [0.25, 0.3) is 0 Å². The molecule has 1 aromatic rings. The second-order valence-electron chi connectivity index (χ2n) is 6.27. The number of hydrogen-bond donors (Lipinski definition) is 2. The Labute approximate surface area is 145 Å². The Balaban J connectivity index is 2.19. The highest BCUT2D eigenvalue weighted by molar-refractivity contribution is 6.39. The van der Waals surface area contributed by atoms with Gasteiger partial charge in [-0.3, -0.25) is 9.59 Å². The van der Waals surface area contributed by atoms with Crippen molar-refractivity contribution in [3.8, 4) is 0 Å². The molecule has 24 heavy (non-hydrogen) atoms. The number of nitrogens with zero attached hydrogens (tertiary/aromatic N) is 1. The van der Waals surface area contributed by atoms with Crippen molar-refractivity contribution in [1.82, 2.24) is 5.32 Å². The van der Waals surface area contributed by atoms with E-state index in [4.69, 9.17) is 0 Å². The minimum absolute atomic E-state index is 0.555. The van der Waals surface area contributed by atoms with Gasteiger partial charge in [-0.15, -0.1) is 0 Å². The zero-order chi connectivity index (χ0) is 17.8. The molecule has 5 heteroatoms. The first kappa shape index (κ1) is 20.0. The van der Waals surface area contributed by atoms with Crippen LogP contribution < -0.4 is 15.5 Å². The Morgan fingerprint density at radius 3 is 2.04 bits per heavy atom. The summed E-state index contributed by atoms with van der Waals surface area (Å²) in [6, 6.07) is 7.37. The Morgan fingerprint density at radius 1 is 0.875 bits per heavy atom. The second kappa shape index (κ2) is 11.5. The fraction of sp³-hybridized carbons (Fsp3) is 0.579. The van der Waals surface area contributed by atoms with Crippen molar-refractivity contribution >= 4 is 23.2 Å². The Bertz CT molecular complexity index is 498. The van der Waals surface area contributed by atoms with Gasteiger partial charge in [-0.05, 0) is 30.7 Å². The first-order valence-corrected chi connectivity index (χ1v) is 8.91. The van der Waals surface area contributed by atoms with Crippen LogP contribution in [0.25, 0.3) is 0 Å². The lowest BCUT2D eigenvalue weighted by atomic mass is 10.1. The van der Waals surface area contributed by atoms with E-state index in [0.29, 0.717) is 12.2 Å². The van der Waals surface area contributed by atoms with Crippen LogP contribution in [0.4, 0.5) is 11.4 Å². The van der Waals surface area contributed by atoms with Crippen molar-refractivity contribution in [2.45, 2.75) is 51.9 Å². The van der Waals surface area contributed by atoms with Crippen LogP contribution in [0.3, 0.4) is 0 Å². The molecule has 5 nitrogen and oxygen atoms in total. The molecule has 0 unspecified atom stereocenters. The maximum Gasteiger partial charge on any atom is 0.313 e. The number of benzene rings is 1. The van der Waals surface area contributed by atoms with E-state index in [9.17, 15) is 9.59 Å². The van der Waals surface area contributed by atoms with E-state index in [0.717, 1.165) is 18.5 Å². The van der Waals surface area contributed by atoms with Crippen LogP contribution in [0.15, 0.2) is 24.3 Å². The third-order valence-electron chi connectivity index (χ3n) is 3.91. The standard InChI is InChI=1S/C19H31N3O2/c1-4-5-6-7-8-9-10-15-20-18(23)19(24)21-16-11-13-17(14-12-16)22(2)3/h11-14H,4-10,15H2,1-3H3,(H,20,23)(H,21,24). The highest BCUT2D eigenvalue weighted by Gasteiger charge is 2.12. The zero-order valence-electron chi connectivity index (χ0n) is 15.2. The molecule has 0 aliphatic carbocycles. The van der Waals surface area contributed by atoms with Crippen LogP contribution in [-0.2, 0) is 9.59 Å². The summed E-state index contributed by atoms with van der Waals surface area (Å²) in [5, 5.41) is 5.29. The third kappa shape index (κ3) is 7.99. The van der Waals surface area contributed by atoms with Crippen LogP contribution in [0.5, 0.6) is 0 Å². The van der Waals surface area contributed by atoms with E-state index in [1.165, 1.54) is 32.1 Å². The number of unbranched alkanes of at least 4 members (excludes halogenated alkanes) is 6. The van der Waals surface area contributed by atoms with Gasteiger partial charge in [0.05, 0.1) is 0 Å². The number of carbonyl (C=O) groups excluding carboxylic acids is 2. The lowest BCUT2D eigenvalue weighted by Gasteiger charge is -2.13. The predicted octanol–water partition coefficient (Wildman–Crippen LogP) is 3.56. The summed E-state index contributed by atoms with van der Waals surface area (Å²) in [5.74, 6) is -1.19. The van der Waals surface area contributed by atoms with Gasteiger partial charge in [0.15, 0.2) is 0 Å². The van der Waals surface area contributed by atoms with Crippen molar-refractivity contribution in [2.24, 2.45) is 0 Å². The summed E-state index contributed by atoms with van der Waals surface area (Å²) in [4.78, 5) is 25.6. The number of rotatable bonds is 10. The molecule has 0 bridgehead atoms. The Kier molecular flexibility index (Phi) is 9.58. The molecule has 0 saturated carbocycles. The fourth-order valence-corrected chi connectivity index (χ4v) is 2.40. The summed E-state index contributed by atoms with van der Waals surface area (Å²) in [6.07, 6.45) is 8.30. The van der Waals surface area contributed by atoms with Crippen molar-refractivity contribution in [3.05, 3.63) is 24.3 Å². The molecule has 0 spiro atoms. The third-order valence-corrected chi connectivity index (χ3v) is 3.91. The van der Waals surface area contributed by atoms with Gasteiger partial charge in [-0.1, -0.05) is 45.4 Å². The van der Waals surface area contributed by atoms with E-state index >= 15 is 0 Å². The van der Waals surface area contributed by atoms with Gasteiger partial charge >= 0.3 is 11.8 Å². The Hall–Kier alpha value is -2.04. The van der Waals surface area contributed by atoms with Crippen molar-refractivity contribution < 1.29 is 9.59 Å². The molecular weight excluding hydrogens is 302 g/mol. The molecule has 0 fully saturated rings. The van der Waals surface area contributed by atoms with Crippen LogP contribution in [0.2, 0.25) is 0 Å². The molecule has 134 valence electrons. The van der Waals surface area contributed by atoms with Gasteiger partial charge < -0.3 is 15.5 Å². The van der Waals surface area contributed by atoms with Crippen LogP contribution in [0, 0.1) is 0 Å². The van der Waals surface area contributed by atoms with E-state index in [1.807, 2.05) is 31.1 Å². The largest absolute Gasteiger partial charge is 0.378 e. The van der Waals surface area contributed by atoms with Crippen LogP contribution in [0.1, 0.15) is 51.9 Å². The zero-order valence-corrected chi connectivity index (χ0v) is 15.2. The number of anilines is 2. The second-order valence-corrected chi connectivity index (χ2v) is 6.27. The molecule has 0 aliphatic heterocycles. The lowest BCUT2D eigenvalue weighted by Crippen LogP contribution is -2.35. The summed E-state index contributed by atoms with van der Waals surface area (Å²) >= 11 is 0. The first-order valence-electron chi connectivity index (χ1n) is 8.91.